The van der Waals surface area contributed by atoms with Crippen LogP contribution in [-0.4, -0.2) is 39.1 Å². The maximum absolute atomic E-state index is 4.31. The van der Waals surface area contributed by atoms with Gasteiger partial charge in [-0.2, -0.15) is 5.10 Å². The molecule has 0 aliphatic rings. The number of aryl methyl sites for hydroxylation is 1. The Labute approximate surface area is 135 Å². The first-order valence-electron chi connectivity index (χ1n) is 7.34. The van der Waals surface area contributed by atoms with Gasteiger partial charge in [-0.3, -0.25) is 0 Å². The first kappa shape index (κ1) is 15.0. The fourth-order valence-corrected chi connectivity index (χ4v) is 2.09. The molecule has 0 saturated heterocycles. The van der Waals surface area contributed by atoms with E-state index in [1.807, 2.05) is 62.4 Å². The summed E-state index contributed by atoms with van der Waals surface area (Å²) in [5.41, 5.74) is 2.08. The summed E-state index contributed by atoms with van der Waals surface area (Å²) in [4.78, 5) is 6.28. The van der Waals surface area contributed by atoms with Crippen LogP contribution in [0.15, 0.2) is 42.7 Å². The van der Waals surface area contributed by atoms with Crippen molar-refractivity contribution in [3.63, 3.8) is 0 Å². The summed E-state index contributed by atoms with van der Waals surface area (Å²) in [5, 5.41) is 16.0. The lowest BCUT2D eigenvalue weighted by Gasteiger charge is -2.12. The van der Waals surface area contributed by atoms with Gasteiger partial charge in [0.25, 0.3) is 0 Å². The van der Waals surface area contributed by atoms with Crippen molar-refractivity contribution >= 4 is 11.6 Å². The topological polar surface area (TPSA) is 71.8 Å². The van der Waals surface area contributed by atoms with Crippen LogP contribution in [0, 0.1) is 6.92 Å². The predicted molar refractivity (Wildman–Crippen MR) is 89.8 cm³/mol. The molecular weight excluding hydrogens is 290 g/mol. The number of nitrogens with one attached hydrogen (secondary N) is 1. The Morgan fingerprint density at radius 3 is 2.65 bits per heavy atom. The van der Waals surface area contributed by atoms with Gasteiger partial charge in [-0.1, -0.05) is 0 Å². The lowest BCUT2D eigenvalue weighted by molar-refractivity contribution is 0.803. The molecule has 0 unspecified atom stereocenters. The molecule has 7 nitrogen and oxygen atoms in total. The average Bonchev–Trinajstić information content (AvgIpc) is 3.00. The predicted octanol–water partition coefficient (Wildman–Crippen LogP) is 2.04. The van der Waals surface area contributed by atoms with Gasteiger partial charge >= 0.3 is 0 Å². The number of aromatic nitrogens is 5. The molecule has 3 heterocycles. The molecule has 23 heavy (non-hydrogen) atoms. The zero-order valence-corrected chi connectivity index (χ0v) is 13.4. The summed E-state index contributed by atoms with van der Waals surface area (Å²) >= 11 is 0. The van der Waals surface area contributed by atoms with Crippen LogP contribution in [0.3, 0.4) is 0 Å². The van der Waals surface area contributed by atoms with E-state index in [4.69, 9.17) is 0 Å². The molecule has 0 aromatic carbocycles. The highest BCUT2D eigenvalue weighted by atomic mass is 15.3. The van der Waals surface area contributed by atoms with Crippen LogP contribution in [-0.2, 0) is 6.54 Å². The summed E-state index contributed by atoms with van der Waals surface area (Å²) < 4.78 is 1.71. The SMILES string of the molecule is Cc1ccn(-c2ccc(NCc3ccnc(N(C)C)c3)nn2)n1. The van der Waals surface area contributed by atoms with Crippen molar-refractivity contribution in [2.24, 2.45) is 0 Å². The van der Waals surface area contributed by atoms with Crippen molar-refractivity contribution in [2.75, 3.05) is 24.3 Å². The van der Waals surface area contributed by atoms with Gasteiger partial charge in [0.05, 0.1) is 5.69 Å². The summed E-state index contributed by atoms with van der Waals surface area (Å²) in [5.74, 6) is 2.35. The van der Waals surface area contributed by atoms with Crippen LogP contribution in [0.5, 0.6) is 0 Å². The molecule has 0 spiro atoms. The number of rotatable bonds is 5. The van der Waals surface area contributed by atoms with E-state index in [1.54, 1.807) is 10.9 Å². The van der Waals surface area contributed by atoms with E-state index in [-0.39, 0.29) is 0 Å². The van der Waals surface area contributed by atoms with E-state index >= 15 is 0 Å². The van der Waals surface area contributed by atoms with Crippen LogP contribution in [0.25, 0.3) is 5.82 Å². The number of nitrogens with zero attached hydrogens (tertiary/aromatic N) is 6. The largest absolute Gasteiger partial charge is 0.365 e. The quantitative estimate of drug-likeness (QED) is 0.777. The summed E-state index contributed by atoms with van der Waals surface area (Å²) in [7, 11) is 3.95. The van der Waals surface area contributed by atoms with Crippen molar-refractivity contribution in [2.45, 2.75) is 13.5 Å². The van der Waals surface area contributed by atoms with Gasteiger partial charge in [0.1, 0.15) is 11.6 Å². The maximum Gasteiger partial charge on any atom is 0.175 e. The molecule has 0 saturated carbocycles. The Kier molecular flexibility index (Phi) is 4.18. The van der Waals surface area contributed by atoms with E-state index in [1.165, 1.54) is 0 Å². The lowest BCUT2D eigenvalue weighted by atomic mass is 10.2. The van der Waals surface area contributed by atoms with E-state index in [2.05, 4.69) is 25.6 Å². The third-order valence-electron chi connectivity index (χ3n) is 3.35. The van der Waals surface area contributed by atoms with Crippen molar-refractivity contribution in [1.82, 2.24) is 25.0 Å². The Hall–Kier alpha value is -2.96. The van der Waals surface area contributed by atoms with Gasteiger partial charge < -0.3 is 10.2 Å². The highest BCUT2D eigenvalue weighted by Crippen LogP contribution is 2.12. The van der Waals surface area contributed by atoms with Gasteiger partial charge in [-0.05, 0) is 42.8 Å². The lowest BCUT2D eigenvalue weighted by Crippen LogP contribution is -2.11. The minimum absolute atomic E-state index is 0.665. The zero-order valence-electron chi connectivity index (χ0n) is 13.4. The minimum Gasteiger partial charge on any atom is -0.365 e. The summed E-state index contributed by atoms with van der Waals surface area (Å²) in [6.45, 7) is 2.61. The molecule has 1 N–H and O–H groups in total. The highest BCUT2D eigenvalue weighted by Gasteiger charge is 2.03. The van der Waals surface area contributed by atoms with E-state index in [0.717, 1.165) is 22.9 Å². The van der Waals surface area contributed by atoms with E-state index < -0.39 is 0 Å². The summed E-state index contributed by atoms with van der Waals surface area (Å²) in [6, 6.07) is 9.74. The molecule has 0 aliphatic heterocycles. The fraction of sp³-hybridized carbons (Fsp3) is 0.250. The van der Waals surface area contributed by atoms with E-state index in [9.17, 15) is 0 Å². The normalized spacial score (nSPS) is 10.6. The Morgan fingerprint density at radius 2 is 2.00 bits per heavy atom. The van der Waals surface area contributed by atoms with Gasteiger partial charge in [0, 0.05) is 33.0 Å². The smallest absolute Gasteiger partial charge is 0.175 e. The van der Waals surface area contributed by atoms with Crippen molar-refractivity contribution < 1.29 is 0 Å². The average molecular weight is 309 g/mol. The van der Waals surface area contributed by atoms with Gasteiger partial charge in [0.2, 0.25) is 0 Å². The minimum atomic E-state index is 0.665. The first-order chi connectivity index (χ1) is 11.1. The monoisotopic (exact) mass is 309 g/mol. The second kappa shape index (κ2) is 6.43. The molecular formula is C16H19N7. The van der Waals surface area contributed by atoms with Gasteiger partial charge in [0.15, 0.2) is 5.82 Å². The van der Waals surface area contributed by atoms with Crippen molar-refractivity contribution in [3.05, 3.63) is 54.0 Å². The van der Waals surface area contributed by atoms with Crippen LogP contribution in [0.4, 0.5) is 11.6 Å². The van der Waals surface area contributed by atoms with Crippen LogP contribution in [0.1, 0.15) is 11.3 Å². The van der Waals surface area contributed by atoms with Crippen LogP contribution in [0.2, 0.25) is 0 Å². The molecule has 7 heteroatoms. The second-order valence-electron chi connectivity index (χ2n) is 5.45. The van der Waals surface area contributed by atoms with Crippen molar-refractivity contribution in [3.8, 4) is 5.82 Å². The molecule has 0 fully saturated rings. The van der Waals surface area contributed by atoms with Crippen LogP contribution >= 0.6 is 0 Å². The molecule has 3 rings (SSSR count). The molecule has 3 aromatic heterocycles. The number of hydrogen-bond donors (Lipinski definition) is 1. The third-order valence-corrected chi connectivity index (χ3v) is 3.35. The third kappa shape index (κ3) is 3.63. The van der Waals surface area contributed by atoms with Gasteiger partial charge in [-0.15, -0.1) is 10.2 Å². The number of pyridine rings is 1. The van der Waals surface area contributed by atoms with Crippen LogP contribution < -0.4 is 10.2 Å². The Bertz CT molecular complexity index is 777. The zero-order chi connectivity index (χ0) is 16.2. The Balaban J connectivity index is 1.66. The molecule has 0 radical (unpaired) electrons. The van der Waals surface area contributed by atoms with Gasteiger partial charge in [-0.25, -0.2) is 9.67 Å². The molecule has 0 aliphatic carbocycles. The fourth-order valence-electron chi connectivity index (χ4n) is 2.09. The van der Waals surface area contributed by atoms with E-state index in [0.29, 0.717) is 12.4 Å². The molecule has 0 atom stereocenters. The standard InChI is InChI=1S/C16H19N7/c1-12-7-9-23(21-12)15-5-4-14(19-20-15)18-11-13-6-8-17-16(10-13)22(2)3/h4-10H,11H2,1-3H3,(H,18,19). The summed E-state index contributed by atoms with van der Waals surface area (Å²) in [6.07, 6.45) is 3.67. The highest BCUT2D eigenvalue weighted by molar-refractivity contribution is 5.42. The molecule has 0 bridgehead atoms. The first-order valence-corrected chi connectivity index (χ1v) is 7.34. The molecule has 3 aromatic rings. The Morgan fingerprint density at radius 1 is 1.13 bits per heavy atom. The number of hydrogen-bond acceptors (Lipinski definition) is 6. The molecule has 118 valence electrons. The van der Waals surface area contributed by atoms with Crippen molar-refractivity contribution in [1.29, 1.82) is 0 Å². The molecule has 0 amide bonds. The number of anilines is 2. The maximum atomic E-state index is 4.31. The second-order valence-corrected chi connectivity index (χ2v) is 5.45.